The van der Waals surface area contributed by atoms with Crippen LogP contribution in [-0.2, 0) is 14.8 Å². The van der Waals surface area contributed by atoms with Crippen molar-refractivity contribution in [3.63, 3.8) is 0 Å². The third-order valence-corrected chi connectivity index (χ3v) is 7.48. The number of hydrogen-bond donors (Lipinski definition) is 3. The summed E-state index contributed by atoms with van der Waals surface area (Å²) < 4.78 is 36.5. The van der Waals surface area contributed by atoms with Crippen molar-refractivity contribution in [2.75, 3.05) is 5.32 Å². The van der Waals surface area contributed by atoms with Crippen molar-refractivity contribution < 1.29 is 27.9 Å². The first-order valence-electron chi connectivity index (χ1n) is 11.6. The van der Waals surface area contributed by atoms with Gasteiger partial charge in [-0.3, -0.25) is 4.79 Å². The molecule has 0 radical (unpaired) electrons. The molecule has 1 aliphatic carbocycles. The van der Waals surface area contributed by atoms with E-state index in [2.05, 4.69) is 15.1 Å². The Kier molecular flexibility index (Phi) is 7.14. The summed E-state index contributed by atoms with van der Waals surface area (Å²) in [6.07, 6.45) is 2.11. The van der Waals surface area contributed by atoms with Gasteiger partial charge in [0.15, 0.2) is 5.69 Å². The van der Waals surface area contributed by atoms with Crippen molar-refractivity contribution in [3.05, 3.63) is 59.8 Å². The Morgan fingerprint density at radius 1 is 1.19 bits per heavy atom. The van der Waals surface area contributed by atoms with Crippen LogP contribution in [0.2, 0.25) is 0 Å². The number of aromatic carboxylic acids is 1. The van der Waals surface area contributed by atoms with Gasteiger partial charge >= 0.3 is 5.97 Å². The fourth-order valence-corrected chi connectivity index (χ4v) is 4.93. The lowest BCUT2D eigenvalue weighted by molar-refractivity contribution is -0.119. The summed E-state index contributed by atoms with van der Waals surface area (Å²) in [5.74, 6) is -1.67. The van der Waals surface area contributed by atoms with E-state index >= 15 is 0 Å². The van der Waals surface area contributed by atoms with Gasteiger partial charge in [-0.15, -0.1) is 0 Å². The molecule has 3 aromatic rings. The lowest BCUT2D eigenvalue weighted by Crippen LogP contribution is -2.26. The van der Waals surface area contributed by atoms with Gasteiger partial charge in [0.25, 0.3) is 0 Å². The van der Waals surface area contributed by atoms with E-state index in [-0.39, 0.29) is 45.6 Å². The summed E-state index contributed by atoms with van der Waals surface area (Å²) in [7, 11) is -4.00. The van der Waals surface area contributed by atoms with Crippen molar-refractivity contribution in [2.24, 2.45) is 5.92 Å². The maximum atomic E-state index is 13.3. The van der Waals surface area contributed by atoms with Crippen molar-refractivity contribution in [1.29, 1.82) is 0 Å². The molecular weight excluding hydrogens is 484 g/mol. The maximum Gasteiger partial charge on any atom is 0.356 e. The number of aromatic nitrogens is 2. The summed E-state index contributed by atoms with van der Waals surface area (Å²) in [4.78, 5) is 24.0. The van der Waals surface area contributed by atoms with Crippen molar-refractivity contribution >= 4 is 27.6 Å². The highest BCUT2D eigenvalue weighted by Crippen LogP contribution is 2.36. The standard InChI is InChI=1S/C25H28N4O6S/c1-4-15(2)23(30)26-18-12-13-20(21(14-18)36(33,34)28-17-10-11-17)35-24-16(3)22(25(31)32)27-29(24)19-8-6-5-7-9-19/h5-9,12-15,17,28H,4,10-11H2,1-3H3,(H,26,30)(H,31,32)/t15-/m1/s1. The van der Waals surface area contributed by atoms with Crippen LogP contribution in [0.1, 0.15) is 49.2 Å². The van der Waals surface area contributed by atoms with E-state index in [0.29, 0.717) is 17.8 Å². The smallest absolute Gasteiger partial charge is 0.356 e. The number of ether oxygens (including phenoxy) is 1. The van der Waals surface area contributed by atoms with Crippen LogP contribution in [-0.4, -0.2) is 41.2 Å². The van der Waals surface area contributed by atoms with Gasteiger partial charge in [-0.1, -0.05) is 32.0 Å². The van der Waals surface area contributed by atoms with Gasteiger partial charge in [0.2, 0.25) is 21.8 Å². The number of hydrogen-bond acceptors (Lipinski definition) is 6. The number of carboxylic acid groups (broad SMARTS) is 1. The lowest BCUT2D eigenvalue weighted by Gasteiger charge is -2.16. The van der Waals surface area contributed by atoms with E-state index in [1.165, 1.54) is 16.8 Å². The molecule has 0 bridgehead atoms. The second-order valence-electron chi connectivity index (χ2n) is 8.79. The third kappa shape index (κ3) is 5.42. The molecule has 0 saturated heterocycles. The SMILES string of the molecule is CC[C@@H](C)C(=O)Nc1ccc(Oc2c(C)c(C(=O)O)nn2-c2ccccc2)c(S(=O)(=O)NC2CC2)c1. The zero-order valence-electron chi connectivity index (χ0n) is 20.2. The minimum absolute atomic E-state index is 0.0261. The highest BCUT2D eigenvalue weighted by Gasteiger charge is 2.31. The van der Waals surface area contributed by atoms with E-state index in [0.717, 1.165) is 12.8 Å². The zero-order valence-corrected chi connectivity index (χ0v) is 21.0. The molecule has 1 heterocycles. The average Bonchev–Trinajstić information content (AvgIpc) is 3.60. The van der Waals surface area contributed by atoms with E-state index in [4.69, 9.17) is 4.74 Å². The molecule has 10 nitrogen and oxygen atoms in total. The molecular formula is C25H28N4O6S. The number of carbonyl (C=O) groups is 2. The molecule has 3 N–H and O–H groups in total. The largest absolute Gasteiger partial charge is 0.476 e. The summed E-state index contributed by atoms with van der Waals surface area (Å²) in [5.41, 5.74) is 0.871. The number of benzene rings is 2. The predicted octanol–water partition coefficient (Wildman–Crippen LogP) is 4.10. The van der Waals surface area contributed by atoms with Crippen LogP contribution in [0.15, 0.2) is 53.4 Å². The van der Waals surface area contributed by atoms with Crippen LogP contribution in [0.5, 0.6) is 11.6 Å². The second kappa shape index (κ2) is 10.1. The van der Waals surface area contributed by atoms with Crippen LogP contribution >= 0.6 is 0 Å². The number of amides is 1. The maximum absolute atomic E-state index is 13.3. The Morgan fingerprint density at radius 2 is 1.89 bits per heavy atom. The van der Waals surface area contributed by atoms with Crippen LogP contribution < -0.4 is 14.8 Å². The number of nitrogens with zero attached hydrogens (tertiary/aromatic N) is 2. The number of carboxylic acids is 1. The Morgan fingerprint density at radius 3 is 2.50 bits per heavy atom. The number of para-hydroxylation sites is 1. The van der Waals surface area contributed by atoms with E-state index in [1.807, 2.05) is 6.92 Å². The van der Waals surface area contributed by atoms with Crippen LogP contribution in [0, 0.1) is 12.8 Å². The van der Waals surface area contributed by atoms with Crippen molar-refractivity contribution in [3.8, 4) is 17.3 Å². The van der Waals surface area contributed by atoms with Crippen LogP contribution in [0.25, 0.3) is 5.69 Å². The first-order chi connectivity index (χ1) is 17.1. The first-order valence-corrected chi connectivity index (χ1v) is 13.1. The molecule has 2 aromatic carbocycles. The van der Waals surface area contributed by atoms with Gasteiger partial charge in [0, 0.05) is 23.2 Å². The molecule has 0 unspecified atom stereocenters. The Labute approximate surface area is 209 Å². The minimum atomic E-state index is -4.00. The number of nitrogens with one attached hydrogen (secondary N) is 2. The predicted molar refractivity (Wildman–Crippen MR) is 133 cm³/mol. The van der Waals surface area contributed by atoms with Gasteiger partial charge in [-0.2, -0.15) is 9.78 Å². The summed E-state index contributed by atoms with van der Waals surface area (Å²) in [6.45, 7) is 5.22. The third-order valence-electron chi connectivity index (χ3n) is 5.94. The van der Waals surface area contributed by atoms with Crippen molar-refractivity contribution in [2.45, 2.75) is 51.0 Å². The number of sulfonamides is 1. The topological polar surface area (TPSA) is 140 Å². The van der Waals surface area contributed by atoms with Gasteiger partial charge in [-0.25, -0.2) is 17.9 Å². The van der Waals surface area contributed by atoms with Gasteiger partial charge in [-0.05, 0) is 56.5 Å². The molecule has 0 aliphatic heterocycles. The highest BCUT2D eigenvalue weighted by atomic mass is 32.2. The fourth-order valence-electron chi connectivity index (χ4n) is 3.47. The second-order valence-corrected chi connectivity index (χ2v) is 10.5. The molecule has 1 aliphatic rings. The first kappa shape index (κ1) is 25.4. The molecule has 0 spiro atoms. The molecule has 1 fully saturated rings. The molecule has 1 saturated carbocycles. The van der Waals surface area contributed by atoms with Gasteiger partial charge < -0.3 is 15.2 Å². The van der Waals surface area contributed by atoms with Crippen molar-refractivity contribution in [1.82, 2.24) is 14.5 Å². The Bertz CT molecular complexity index is 1400. The normalized spacial score (nSPS) is 14.3. The average molecular weight is 513 g/mol. The highest BCUT2D eigenvalue weighted by molar-refractivity contribution is 7.89. The fraction of sp³-hybridized carbons (Fsp3) is 0.320. The van der Waals surface area contributed by atoms with E-state index in [9.17, 15) is 23.1 Å². The molecule has 11 heteroatoms. The van der Waals surface area contributed by atoms with E-state index < -0.39 is 16.0 Å². The number of anilines is 1. The van der Waals surface area contributed by atoms with Crippen LogP contribution in [0.3, 0.4) is 0 Å². The minimum Gasteiger partial charge on any atom is -0.476 e. The van der Waals surface area contributed by atoms with Gasteiger partial charge in [0.05, 0.1) is 5.69 Å². The quantitative estimate of drug-likeness (QED) is 0.372. The number of carbonyl (C=O) groups excluding carboxylic acids is 1. The Balaban J connectivity index is 1.80. The molecule has 1 atom stereocenters. The molecule has 4 rings (SSSR count). The molecule has 190 valence electrons. The summed E-state index contributed by atoms with van der Waals surface area (Å²) >= 11 is 0. The Hall–Kier alpha value is -3.70. The number of rotatable bonds is 10. The van der Waals surface area contributed by atoms with Crippen LogP contribution in [0.4, 0.5) is 5.69 Å². The monoisotopic (exact) mass is 512 g/mol. The molecule has 36 heavy (non-hydrogen) atoms. The molecule has 1 amide bonds. The van der Waals surface area contributed by atoms with Gasteiger partial charge in [0.1, 0.15) is 10.6 Å². The van der Waals surface area contributed by atoms with E-state index in [1.54, 1.807) is 50.2 Å². The zero-order chi connectivity index (χ0) is 26.0. The summed E-state index contributed by atoms with van der Waals surface area (Å²) in [6, 6.07) is 13.0. The molecule has 1 aromatic heterocycles. The summed E-state index contributed by atoms with van der Waals surface area (Å²) in [5, 5.41) is 16.5. The lowest BCUT2D eigenvalue weighted by atomic mass is 10.1.